The molecular weight excluding hydrogens is 207 g/mol. The summed E-state index contributed by atoms with van der Waals surface area (Å²) in [7, 11) is 0. The summed E-state index contributed by atoms with van der Waals surface area (Å²) in [6.45, 7) is 2.09. The number of hydrogen-bond acceptors (Lipinski definition) is 1. The minimum atomic E-state index is -0.757. The van der Waals surface area contributed by atoms with Gasteiger partial charge in [0.1, 0.15) is 6.10 Å². The van der Waals surface area contributed by atoms with Crippen LogP contribution in [-0.4, -0.2) is 16.1 Å². The molecule has 0 aliphatic heterocycles. The maximum atomic E-state index is 9.74. The molecule has 1 N–H and O–H groups in total. The summed E-state index contributed by atoms with van der Waals surface area (Å²) in [4.78, 5) is -0.693. The van der Waals surface area contributed by atoms with Gasteiger partial charge >= 0.3 is 0 Å². The lowest BCUT2D eigenvalue weighted by Crippen LogP contribution is -2.36. The van der Waals surface area contributed by atoms with Crippen molar-refractivity contribution in [2.24, 2.45) is 0 Å². The second-order valence-corrected chi connectivity index (χ2v) is 4.48. The van der Waals surface area contributed by atoms with Gasteiger partial charge in [0.15, 0.2) is 0 Å². The zero-order valence-electron chi connectivity index (χ0n) is 7.63. The van der Waals surface area contributed by atoms with Crippen LogP contribution in [0.15, 0.2) is 23.3 Å². The topological polar surface area (TPSA) is 20.2 Å². The Kier molecular flexibility index (Phi) is 3.84. The fourth-order valence-electron chi connectivity index (χ4n) is 1.38. The quantitative estimate of drug-likeness (QED) is 0.725. The average Bonchev–Trinajstić information content (AvgIpc) is 2.11. The molecule has 1 aliphatic carbocycles. The van der Waals surface area contributed by atoms with Crippen LogP contribution in [0.3, 0.4) is 0 Å². The predicted molar refractivity (Wildman–Crippen MR) is 57.2 cm³/mol. The Morgan fingerprint density at radius 2 is 2.31 bits per heavy atom. The highest BCUT2D eigenvalue weighted by Crippen LogP contribution is 2.35. The molecule has 0 aromatic rings. The second kappa shape index (κ2) is 4.50. The molecule has 0 saturated heterocycles. The average molecular weight is 221 g/mol. The van der Waals surface area contributed by atoms with Crippen LogP contribution >= 0.6 is 23.2 Å². The van der Waals surface area contributed by atoms with E-state index in [-0.39, 0.29) is 0 Å². The van der Waals surface area contributed by atoms with E-state index in [2.05, 4.69) is 6.92 Å². The van der Waals surface area contributed by atoms with Crippen molar-refractivity contribution in [1.29, 1.82) is 0 Å². The molecule has 1 aliphatic rings. The third-order valence-corrected chi connectivity index (χ3v) is 3.11. The van der Waals surface area contributed by atoms with E-state index in [0.717, 1.165) is 19.3 Å². The standard InChI is InChI=1S/C10H14Cl2O/c1-2-3-6-10(12)7-4-5-8(11)9(10)13/h4-5,7,9,13H,2-3,6H2,1H3. The Labute approximate surface area is 89.0 Å². The number of alkyl halides is 1. The maximum absolute atomic E-state index is 9.74. The van der Waals surface area contributed by atoms with E-state index in [9.17, 15) is 5.11 Å². The zero-order chi connectivity index (χ0) is 9.90. The van der Waals surface area contributed by atoms with Gasteiger partial charge in [-0.3, -0.25) is 0 Å². The summed E-state index contributed by atoms with van der Waals surface area (Å²) in [5.41, 5.74) is 0. The lowest BCUT2D eigenvalue weighted by Gasteiger charge is -2.30. The maximum Gasteiger partial charge on any atom is 0.112 e. The van der Waals surface area contributed by atoms with Gasteiger partial charge in [0.2, 0.25) is 0 Å². The number of allylic oxidation sites excluding steroid dienone is 2. The molecule has 2 atom stereocenters. The third-order valence-electron chi connectivity index (χ3n) is 2.26. The van der Waals surface area contributed by atoms with Gasteiger partial charge in [-0.2, -0.15) is 0 Å². The molecule has 0 fully saturated rings. The first-order chi connectivity index (χ1) is 6.10. The van der Waals surface area contributed by atoms with Crippen molar-refractivity contribution in [2.45, 2.75) is 37.2 Å². The molecular formula is C10H14Cl2O. The van der Waals surface area contributed by atoms with Crippen molar-refractivity contribution < 1.29 is 5.11 Å². The molecule has 74 valence electrons. The Bertz CT molecular complexity index is 235. The van der Waals surface area contributed by atoms with Gasteiger partial charge in [0, 0.05) is 5.03 Å². The molecule has 13 heavy (non-hydrogen) atoms. The van der Waals surface area contributed by atoms with Crippen molar-refractivity contribution in [3.8, 4) is 0 Å². The van der Waals surface area contributed by atoms with Gasteiger partial charge in [-0.25, -0.2) is 0 Å². The van der Waals surface area contributed by atoms with Crippen LogP contribution in [0.25, 0.3) is 0 Å². The largest absolute Gasteiger partial charge is 0.385 e. The van der Waals surface area contributed by atoms with E-state index in [1.165, 1.54) is 0 Å². The highest BCUT2D eigenvalue weighted by molar-refractivity contribution is 6.33. The van der Waals surface area contributed by atoms with Gasteiger partial charge in [-0.05, 0) is 12.5 Å². The predicted octanol–water partition coefficient (Wildman–Crippen LogP) is 3.21. The van der Waals surface area contributed by atoms with Gasteiger partial charge < -0.3 is 5.11 Å². The first kappa shape index (κ1) is 11.1. The Morgan fingerprint density at radius 3 is 2.92 bits per heavy atom. The highest BCUT2D eigenvalue weighted by Gasteiger charge is 2.35. The Balaban J connectivity index is 2.68. The molecule has 0 spiro atoms. The summed E-state index contributed by atoms with van der Waals surface area (Å²) in [6, 6.07) is 0. The second-order valence-electron chi connectivity index (χ2n) is 3.34. The smallest absolute Gasteiger partial charge is 0.112 e. The molecule has 1 rings (SSSR count). The molecule has 0 amide bonds. The Morgan fingerprint density at radius 1 is 1.62 bits per heavy atom. The number of halogens is 2. The third kappa shape index (κ3) is 2.49. The van der Waals surface area contributed by atoms with E-state index in [1.54, 1.807) is 12.2 Å². The summed E-state index contributed by atoms with van der Waals surface area (Å²) >= 11 is 12.0. The van der Waals surface area contributed by atoms with Crippen molar-refractivity contribution in [3.63, 3.8) is 0 Å². The molecule has 0 bridgehead atoms. The molecule has 1 nitrogen and oxygen atoms in total. The fourth-order valence-corrected chi connectivity index (χ4v) is 2.03. The van der Waals surface area contributed by atoms with Gasteiger partial charge in [0.25, 0.3) is 0 Å². The van der Waals surface area contributed by atoms with Gasteiger partial charge in [-0.1, -0.05) is 43.5 Å². The minimum absolute atomic E-state index is 0.425. The SMILES string of the molecule is CCCCC1(Cl)C=CC=C(Cl)C1O. The zero-order valence-corrected chi connectivity index (χ0v) is 9.15. The summed E-state index contributed by atoms with van der Waals surface area (Å²) in [5, 5.41) is 10.2. The van der Waals surface area contributed by atoms with Crippen LogP contribution in [0.1, 0.15) is 26.2 Å². The summed E-state index contributed by atoms with van der Waals surface area (Å²) < 4.78 is 0. The summed E-state index contributed by atoms with van der Waals surface area (Å²) in [5.74, 6) is 0. The monoisotopic (exact) mass is 220 g/mol. The normalized spacial score (nSPS) is 33.2. The molecule has 0 heterocycles. The molecule has 2 unspecified atom stereocenters. The van der Waals surface area contributed by atoms with Gasteiger partial charge in [-0.15, -0.1) is 11.6 Å². The lowest BCUT2D eigenvalue weighted by molar-refractivity contribution is 0.178. The fraction of sp³-hybridized carbons (Fsp3) is 0.600. The molecule has 3 heteroatoms. The van der Waals surface area contributed by atoms with E-state index in [1.807, 2.05) is 6.08 Å². The van der Waals surface area contributed by atoms with Crippen molar-refractivity contribution in [2.75, 3.05) is 0 Å². The van der Waals surface area contributed by atoms with E-state index < -0.39 is 11.0 Å². The molecule has 0 saturated carbocycles. The van der Waals surface area contributed by atoms with Gasteiger partial charge in [0.05, 0.1) is 4.87 Å². The molecule has 0 radical (unpaired) electrons. The van der Waals surface area contributed by atoms with E-state index >= 15 is 0 Å². The van der Waals surface area contributed by atoms with E-state index in [0.29, 0.717) is 5.03 Å². The van der Waals surface area contributed by atoms with Crippen LogP contribution in [0.4, 0.5) is 0 Å². The van der Waals surface area contributed by atoms with Crippen LogP contribution in [-0.2, 0) is 0 Å². The summed E-state index contributed by atoms with van der Waals surface area (Å²) in [6.07, 6.45) is 7.36. The Hall–Kier alpha value is 0.0200. The number of aliphatic hydroxyl groups excluding tert-OH is 1. The van der Waals surface area contributed by atoms with Crippen molar-refractivity contribution in [1.82, 2.24) is 0 Å². The minimum Gasteiger partial charge on any atom is -0.385 e. The number of rotatable bonds is 3. The van der Waals surface area contributed by atoms with Crippen LogP contribution in [0.5, 0.6) is 0 Å². The lowest BCUT2D eigenvalue weighted by atomic mass is 9.91. The van der Waals surface area contributed by atoms with Crippen LogP contribution < -0.4 is 0 Å². The van der Waals surface area contributed by atoms with Crippen molar-refractivity contribution in [3.05, 3.63) is 23.3 Å². The first-order valence-electron chi connectivity index (χ1n) is 4.52. The highest BCUT2D eigenvalue weighted by atomic mass is 35.5. The van der Waals surface area contributed by atoms with Crippen LogP contribution in [0, 0.1) is 0 Å². The number of aliphatic hydroxyl groups is 1. The van der Waals surface area contributed by atoms with E-state index in [4.69, 9.17) is 23.2 Å². The number of hydrogen-bond donors (Lipinski definition) is 1. The molecule has 0 aromatic heterocycles. The van der Waals surface area contributed by atoms with Crippen molar-refractivity contribution >= 4 is 23.2 Å². The van der Waals surface area contributed by atoms with Crippen LogP contribution in [0.2, 0.25) is 0 Å². The number of unbranched alkanes of at least 4 members (excludes halogenated alkanes) is 1. The molecule has 0 aromatic carbocycles. The first-order valence-corrected chi connectivity index (χ1v) is 5.27.